The van der Waals surface area contributed by atoms with Crippen molar-refractivity contribution in [2.45, 2.75) is 11.8 Å². The van der Waals surface area contributed by atoms with E-state index in [2.05, 4.69) is 11.9 Å². The second-order valence-corrected chi connectivity index (χ2v) is 8.70. The van der Waals surface area contributed by atoms with Crippen molar-refractivity contribution in [3.63, 3.8) is 0 Å². The molecule has 0 aliphatic rings. The maximum atomic E-state index is 13.3. The van der Waals surface area contributed by atoms with Gasteiger partial charge in [-0.05, 0) is 61.0 Å². The summed E-state index contributed by atoms with van der Waals surface area (Å²) in [6.07, 6.45) is 1.64. The molecule has 3 rings (SSSR count). The molecule has 31 heavy (non-hydrogen) atoms. The Morgan fingerprint density at radius 1 is 1.03 bits per heavy atom. The average molecular weight is 437 g/mol. The van der Waals surface area contributed by atoms with Gasteiger partial charge in [-0.25, -0.2) is 8.42 Å². The molecule has 0 aliphatic heterocycles. The lowest BCUT2D eigenvalue weighted by Gasteiger charge is -2.24. The van der Waals surface area contributed by atoms with Gasteiger partial charge in [-0.15, -0.1) is 0 Å². The first kappa shape index (κ1) is 22.1. The smallest absolute Gasteiger partial charge is 0.264 e. The van der Waals surface area contributed by atoms with E-state index in [-0.39, 0.29) is 11.4 Å². The van der Waals surface area contributed by atoms with Crippen LogP contribution < -0.4 is 14.4 Å². The van der Waals surface area contributed by atoms with Gasteiger partial charge < -0.3 is 10.1 Å². The van der Waals surface area contributed by atoms with Crippen LogP contribution in [0.4, 0.5) is 11.4 Å². The topological polar surface area (TPSA) is 75.7 Å². The van der Waals surface area contributed by atoms with Crippen LogP contribution >= 0.6 is 0 Å². The maximum Gasteiger partial charge on any atom is 0.264 e. The molecule has 7 heteroatoms. The van der Waals surface area contributed by atoms with Crippen molar-refractivity contribution in [1.82, 2.24) is 0 Å². The normalized spacial score (nSPS) is 10.9. The predicted molar refractivity (Wildman–Crippen MR) is 123 cm³/mol. The molecule has 0 heterocycles. The van der Waals surface area contributed by atoms with Crippen molar-refractivity contribution in [2.75, 3.05) is 22.8 Å². The summed E-state index contributed by atoms with van der Waals surface area (Å²) < 4.78 is 33.1. The molecule has 0 fully saturated rings. The summed E-state index contributed by atoms with van der Waals surface area (Å²) >= 11 is 0. The number of rotatable bonds is 9. The lowest BCUT2D eigenvalue weighted by molar-refractivity contribution is -0.114. The number of hydrogen-bond acceptors (Lipinski definition) is 4. The molecule has 0 aromatic heterocycles. The van der Waals surface area contributed by atoms with E-state index >= 15 is 0 Å². The van der Waals surface area contributed by atoms with Crippen LogP contribution in [0.5, 0.6) is 5.75 Å². The Morgan fingerprint density at radius 2 is 1.74 bits per heavy atom. The Balaban J connectivity index is 1.83. The maximum absolute atomic E-state index is 13.3. The molecule has 0 unspecified atom stereocenters. The molecule has 0 saturated carbocycles. The summed E-state index contributed by atoms with van der Waals surface area (Å²) in [5, 5.41) is 2.74. The van der Waals surface area contributed by atoms with Crippen LogP contribution in [0.3, 0.4) is 0 Å². The third-order valence-electron chi connectivity index (χ3n) is 4.41. The van der Waals surface area contributed by atoms with Gasteiger partial charge in [0.25, 0.3) is 10.0 Å². The summed E-state index contributed by atoms with van der Waals surface area (Å²) in [6.45, 7) is 5.48. The Morgan fingerprint density at radius 3 is 2.39 bits per heavy atom. The Hall–Kier alpha value is -3.58. The van der Waals surface area contributed by atoms with Gasteiger partial charge in [-0.1, -0.05) is 43.0 Å². The summed E-state index contributed by atoms with van der Waals surface area (Å²) in [5.74, 6) is 0.187. The van der Waals surface area contributed by atoms with Crippen LogP contribution in [0.2, 0.25) is 0 Å². The predicted octanol–water partition coefficient (Wildman–Crippen LogP) is 4.39. The van der Waals surface area contributed by atoms with Gasteiger partial charge in [0.1, 0.15) is 18.9 Å². The quantitative estimate of drug-likeness (QED) is 0.505. The molecule has 0 bridgehead atoms. The molecule has 0 atom stereocenters. The molecular formula is C24H24N2O4S. The zero-order valence-electron chi connectivity index (χ0n) is 17.2. The molecule has 3 aromatic rings. The highest BCUT2D eigenvalue weighted by molar-refractivity contribution is 7.92. The molecule has 6 nitrogen and oxygen atoms in total. The SMILES string of the molecule is C=CCOc1ccc(NC(=O)CN(c2cccc(C)c2)S(=O)(=O)c2ccccc2)cc1. The lowest BCUT2D eigenvalue weighted by atomic mass is 10.2. The summed E-state index contributed by atoms with van der Waals surface area (Å²) in [7, 11) is -3.93. The molecule has 160 valence electrons. The second kappa shape index (κ2) is 9.95. The number of sulfonamides is 1. The molecule has 0 aliphatic carbocycles. The summed E-state index contributed by atoms with van der Waals surface area (Å²) in [6, 6.07) is 21.9. The minimum atomic E-state index is -3.93. The minimum Gasteiger partial charge on any atom is -0.490 e. The highest BCUT2D eigenvalue weighted by atomic mass is 32.2. The minimum absolute atomic E-state index is 0.119. The van der Waals surface area contributed by atoms with E-state index in [1.54, 1.807) is 66.7 Å². The van der Waals surface area contributed by atoms with E-state index in [9.17, 15) is 13.2 Å². The third-order valence-corrected chi connectivity index (χ3v) is 6.20. The molecule has 1 N–H and O–H groups in total. The fourth-order valence-electron chi connectivity index (χ4n) is 2.94. The van der Waals surface area contributed by atoms with E-state index in [1.807, 2.05) is 13.0 Å². The number of ether oxygens (including phenoxy) is 1. The fraction of sp³-hybridized carbons (Fsp3) is 0.125. The van der Waals surface area contributed by atoms with Crippen LogP contribution in [0.1, 0.15) is 5.56 Å². The number of carbonyl (C=O) groups excluding carboxylic acids is 1. The first-order valence-electron chi connectivity index (χ1n) is 9.68. The monoisotopic (exact) mass is 436 g/mol. The second-order valence-electron chi connectivity index (χ2n) is 6.84. The number of benzene rings is 3. The van der Waals surface area contributed by atoms with Crippen LogP contribution in [0.25, 0.3) is 0 Å². The zero-order valence-corrected chi connectivity index (χ0v) is 18.0. The van der Waals surface area contributed by atoms with E-state index in [0.29, 0.717) is 23.7 Å². The Kier molecular flexibility index (Phi) is 7.10. The van der Waals surface area contributed by atoms with Crippen LogP contribution in [0, 0.1) is 6.92 Å². The molecule has 1 amide bonds. The van der Waals surface area contributed by atoms with Gasteiger partial charge in [0.15, 0.2) is 0 Å². The van der Waals surface area contributed by atoms with Crippen LogP contribution in [0.15, 0.2) is 96.4 Å². The van der Waals surface area contributed by atoms with Gasteiger partial charge in [0.05, 0.1) is 10.6 Å². The summed E-state index contributed by atoms with van der Waals surface area (Å²) in [5.41, 5.74) is 1.85. The zero-order chi connectivity index (χ0) is 22.3. The van der Waals surface area contributed by atoms with Crippen molar-refractivity contribution in [3.8, 4) is 5.75 Å². The van der Waals surface area contributed by atoms with E-state index in [0.717, 1.165) is 9.87 Å². The number of aryl methyl sites for hydroxylation is 1. The molecule has 3 aromatic carbocycles. The van der Waals surface area contributed by atoms with E-state index < -0.39 is 15.9 Å². The van der Waals surface area contributed by atoms with Crippen molar-refractivity contribution in [3.05, 3.63) is 97.1 Å². The van der Waals surface area contributed by atoms with E-state index in [1.165, 1.54) is 12.1 Å². The first-order chi connectivity index (χ1) is 14.9. The van der Waals surface area contributed by atoms with Crippen molar-refractivity contribution >= 4 is 27.3 Å². The van der Waals surface area contributed by atoms with Gasteiger partial charge in [0.2, 0.25) is 5.91 Å². The number of amides is 1. The average Bonchev–Trinajstić information content (AvgIpc) is 2.77. The lowest BCUT2D eigenvalue weighted by Crippen LogP contribution is -2.38. The highest BCUT2D eigenvalue weighted by Gasteiger charge is 2.27. The van der Waals surface area contributed by atoms with Gasteiger partial charge in [0, 0.05) is 5.69 Å². The Bertz CT molecular complexity index is 1140. The van der Waals surface area contributed by atoms with Crippen LogP contribution in [-0.4, -0.2) is 27.5 Å². The van der Waals surface area contributed by atoms with Gasteiger partial charge >= 0.3 is 0 Å². The highest BCUT2D eigenvalue weighted by Crippen LogP contribution is 2.25. The molecule has 0 saturated heterocycles. The van der Waals surface area contributed by atoms with Crippen LogP contribution in [-0.2, 0) is 14.8 Å². The summed E-state index contributed by atoms with van der Waals surface area (Å²) in [4.78, 5) is 12.9. The first-order valence-corrected chi connectivity index (χ1v) is 11.1. The van der Waals surface area contributed by atoms with E-state index in [4.69, 9.17) is 4.74 Å². The van der Waals surface area contributed by atoms with Crippen molar-refractivity contribution < 1.29 is 17.9 Å². The van der Waals surface area contributed by atoms with Gasteiger partial charge in [-0.2, -0.15) is 0 Å². The number of hydrogen-bond donors (Lipinski definition) is 1. The number of nitrogens with one attached hydrogen (secondary N) is 1. The number of nitrogens with zero attached hydrogens (tertiary/aromatic N) is 1. The fourth-order valence-corrected chi connectivity index (χ4v) is 4.37. The molecule has 0 radical (unpaired) electrons. The molecule has 0 spiro atoms. The number of carbonyl (C=O) groups is 1. The largest absolute Gasteiger partial charge is 0.490 e. The van der Waals surface area contributed by atoms with Crippen molar-refractivity contribution in [2.24, 2.45) is 0 Å². The number of anilines is 2. The van der Waals surface area contributed by atoms with Crippen molar-refractivity contribution in [1.29, 1.82) is 0 Å². The molecular weight excluding hydrogens is 412 g/mol. The Labute approximate surface area is 182 Å². The van der Waals surface area contributed by atoms with Gasteiger partial charge in [-0.3, -0.25) is 9.10 Å². The third kappa shape index (κ3) is 5.73. The standard InChI is InChI=1S/C24H24N2O4S/c1-3-16-30-22-14-12-20(13-15-22)25-24(27)18-26(21-9-7-8-19(2)17-21)31(28,29)23-10-5-4-6-11-23/h3-15,17H,1,16,18H2,2H3,(H,25,27).